The highest BCUT2D eigenvalue weighted by Gasteiger charge is 2.38. The van der Waals surface area contributed by atoms with E-state index in [1.807, 2.05) is 0 Å². The summed E-state index contributed by atoms with van der Waals surface area (Å²) in [6, 6.07) is 10.8. The highest BCUT2D eigenvalue weighted by Crippen LogP contribution is 2.29. The van der Waals surface area contributed by atoms with Crippen LogP contribution in [0.2, 0.25) is 0 Å². The maximum Gasteiger partial charge on any atom is 0.232 e. The molecular weight excluding hydrogens is 220 g/mol. The molecule has 0 aromatic heterocycles. The Kier molecular flexibility index (Phi) is 2.10. The minimum absolute atomic E-state index is 0.0238. The maximum atomic E-state index is 4.14. The van der Waals surface area contributed by atoms with Gasteiger partial charge >= 0.3 is 0 Å². The fraction of sp³-hybridized carbons (Fsp3) is 0.312. The Bertz CT molecular complexity index is 756. The fourth-order valence-electron chi connectivity index (χ4n) is 2.80. The van der Waals surface area contributed by atoms with Crippen molar-refractivity contribution in [1.29, 1.82) is 0 Å². The van der Waals surface area contributed by atoms with E-state index in [2.05, 4.69) is 74.3 Å². The number of hydrogen-bond donors (Lipinski definition) is 0. The average Bonchev–Trinajstić information content (AvgIpc) is 2.36. The molecular formula is C16H19N2+. The topological polar surface area (TPSA) is 6.25 Å². The second-order valence-corrected chi connectivity index (χ2v) is 5.56. The van der Waals surface area contributed by atoms with Crippen molar-refractivity contribution < 1.29 is 0 Å². The van der Waals surface area contributed by atoms with E-state index in [1.165, 1.54) is 21.8 Å². The first-order chi connectivity index (χ1) is 8.44. The molecule has 0 unspecified atom stereocenters. The van der Waals surface area contributed by atoms with Crippen molar-refractivity contribution in [2.75, 3.05) is 19.0 Å². The first kappa shape index (κ1) is 11.3. The summed E-state index contributed by atoms with van der Waals surface area (Å²) >= 11 is 0. The lowest BCUT2D eigenvalue weighted by atomic mass is 10.00. The van der Waals surface area contributed by atoms with E-state index in [0.29, 0.717) is 0 Å². The van der Waals surface area contributed by atoms with Gasteiger partial charge in [0.25, 0.3) is 0 Å². The van der Waals surface area contributed by atoms with Gasteiger partial charge in [0.2, 0.25) is 11.0 Å². The smallest absolute Gasteiger partial charge is 0.232 e. The van der Waals surface area contributed by atoms with Gasteiger partial charge in [-0.25, -0.2) is 4.58 Å². The first-order valence-electron chi connectivity index (χ1n) is 6.30. The van der Waals surface area contributed by atoms with E-state index >= 15 is 0 Å². The van der Waals surface area contributed by atoms with E-state index in [9.17, 15) is 0 Å². The van der Waals surface area contributed by atoms with Crippen LogP contribution in [-0.2, 0) is 0 Å². The van der Waals surface area contributed by atoms with Crippen LogP contribution in [0.15, 0.2) is 30.3 Å². The zero-order valence-corrected chi connectivity index (χ0v) is 11.5. The fourth-order valence-corrected chi connectivity index (χ4v) is 2.80. The third kappa shape index (κ3) is 1.20. The van der Waals surface area contributed by atoms with Crippen LogP contribution in [0.3, 0.4) is 0 Å². The minimum Gasteiger partial charge on any atom is -0.315 e. The Labute approximate surface area is 107 Å². The lowest BCUT2D eigenvalue weighted by molar-refractivity contribution is 0.351. The van der Waals surface area contributed by atoms with E-state index in [4.69, 9.17) is 0 Å². The molecule has 0 fully saturated rings. The molecule has 1 aliphatic rings. The van der Waals surface area contributed by atoms with Crippen molar-refractivity contribution in [3.63, 3.8) is 0 Å². The molecule has 2 aromatic rings. The maximum absolute atomic E-state index is 4.14. The number of anilines is 1. The first-order valence-corrected chi connectivity index (χ1v) is 6.30. The summed E-state index contributed by atoms with van der Waals surface area (Å²) in [5.74, 6) is 0. The molecule has 2 heteroatoms. The molecule has 0 aliphatic carbocycles. The summed E-state index contributed by atoms with van der Waals surface area (Å²) in [6.45, 7) is 8.62. The largest absolute Gasteiger partial charge is 0.315 e. The molecule has 0 amide bonds. The van der Waals surface area contributed by atoms with Gasteiger partial charge in [-0.2, -0.15) is 0 Å². The molecule has 2 nitrogen and oxygen atoms in total. The number of benzene rings is 2. The number of nitrogens with zero attached hydrogens (tertiary/aromatic N) is 2. The van der Waals surface area contributed by atoms with Crippen molar-refractivity contribution in [1.82, 2.24) is 4.58 Å². The molecule has 3 rings (SSSR count). The molecule has 0 bridgehead atoms. The summed E-state index contributed by atoms with van der Waals surface area (Å²) in [7, 11) is 4.31. The normalized spacial score (nSPS) is 17.3. The Morgan fingerprint density at radius 3 is 2.61 bits per heavy atom. The number of rotatable bonds is 0. The van der Waals surface area contributed by atoms with Gasteiger partial charge in [-0.1, -0.05) is 18.7 Å². The predicted octanol–water partition coefficient (Wildman–Crippen LogP) is 1.56. The monoisotopic (exact) mass is 239 g/mol. The summed E-state index contributed by atoms with van der Waals surface area (Å²) < 4.78 is 2.34. The molecule has 18 heavy (non-hydrogen) atoms. The quantitative estimate of drug-likeness (QED) is 0.632. The Balaban J connectivity index is 2.67. The predicted molar refractivity (Wildman–Crippen MR) is 78.4 cm³/mol. The minimum atomic E-state index is -0.0238. The Morgan fingerprint density at radius 2 is 1.89 bits per heavy atom. The van der Waals surface area contributed by atoms with E-state index in [-0.39, 0.29) is 5.66 Å². The van der Waals surface area contributed by atoms with Gasteiger partial charge in [-0.15, -0.1) is 0 Å². The van der Waals surface area contributed by atoms with Crippen LogP contribution >= 0.6 is 0 Å². The molecule has 0 radical (unpaired) electrons. The summed E-state index contributed by atoms with van der Waals surface area (Å²) in [5.41, 5.74) is 1.26. The molecule has 2 aromatic carbocycles. The molecule has 0 atom stereocenters. The van der Waals surface area contributed by atoms with Crippen LogP contribution in [0, 0.1) is 0 Å². The highest BCUT2D eigenvalue weighted by molar-refractivity contribution is 5.95. The van der Waals surface area contributed by atoms with Gasteiger partial charge in [0.1, 0.15) is 7.05 Å². The van der Waals surface area contributed by atoms with Crippen molar-refractivity contribution in [3.8, 4) is 0 Å². The molecule has 92 valence electrons. The van der Waals surface area contributed by atoms with Crippen molar-refractivity contribution >= 4 is 23.0 Å². The van der Waals surface area contributed by atoms with E-state index in [1.54, 1.807) is 0 Å². The third-order valence-corrected chi connectivity index (χ3v) is 4.45. The van der Waals surface area contributed by atoms with Gasteiger partial charge in [-0.05, 0) is 22.7 Å². The second kappa shape index (κ2) is 3.35. The molecule has 1 heterocycles. The SMILES string of the molecule is C=c1ccc2c3c(cccc13)N(C)C(C)(C)[N+]=2C. The van der Waals surface area contributed by atoms with Gasteiger partial charge < -0.3 is 4.90 Å². The van der Waals surface area contributed by atoms with E-state index < -0.39 is 0 Å². The van der Waals surface area contributed by atoms with Crippen LogP contribution in [0.25, 0.3) is 17.4 Å². The molecule has 1 aliphatic heterocycles. The summed E-state index contributed by atoms with van der Waals surface area (Å²) in [5, 5.41) is 4.95. The molecule has 0 spiro atoms. The van der Waals surface area contributed by atoms with Gasteiger partial charge in [0.05, 0.1) is 11.1 Å². The van der Waals surface area contributed by atoms with Crippen molar-refractivity contribution in [2.24, 2.45) is 0 Å². The highest BCUT2D eigenvalue weighted by atomic mass is 15.3. The number of hydrogen-bond acceptors (Lipinski definition) is 1. The van der Waals surface area contributed by atoms with Gasteiger partial charge in [0.15, 0.2) is 0 Å². The van der Waals surface area contributed by atoms with Crippen LogP contribution in [-0.4, -0.2) is 19.8 Å². The van der Waals surface area contributed by atoms with Crippen LogP contribution in [0.4, 0.5) is 5.69 Å². The molecule has 0 saturated heterocycles. The van der Waals surface area contributed by atoms with Gasteiger partial charge in [0, 0.05) is 27.0 Å². The standard InChI is InChI=1S/C16H19N2/c1-11-9-10-14-15-12(11)7-6-8-13(15)17(4)16(2,3)18(14)5/h6-10H,1H2,2-5H3/q+1. The van der Waals surface area contributed by atoms with Crippen molar-refractivity contribution in [3.05, 3.63) is 40.9 Å². The molecule has 0 N–H and O–H groups in total. The van der Waals surface area contributed by atoms with Crippen molar-refractivity contribution in [2.45, 2.75) is 19.5 Å². The second-order valence-electron chi connectivity index (χ2n) is 5.56. The van der Waals surface area contributed by atoms with Crippen LogP contribution in [0.1, 0.15) is 13.8 Å². The Morgan fingerprint density at radius 1 is 1.17 bits per heavy atom. The molecule has 0 saturated carbocycles. The lowest BCUT2D eigenvalue weighted by Gasteiger charge is -2.36. The van der Waals surface area contributed by atoms with Gasteiger partial charge in [-0.3, -0.25) is 0 Å². The van der Waals surface area contributed by atoms with E-state index in [0.717, 1.165) is 5.22 Å². The zero-order valence-electron chi connectivity index (χ0n) is 11.5. The summed E-state index contributed by atoms with van der Waals surface area (Å²) in [6.07, 6.45) is 0. The Hall–Kier alpha value is -1.83. The zero-order chi connectivity index (χ0) is 13.1. The van der Waals surface area contributed by atoms with Crippen LogP contribution < -0.4 is 20.1 Å². The average molecular weight is 239 g/mol. The van der Waals surface area contributed by atoms with Crippen LogP contribution in [0.5, 0.6) is 0 Å². The third-order valence-electron chi connectivity index (χ3n) is 4.45. The lowest BCUT2D eigenvalue weighted by Crippen LogP contribution is -2.58. The summed E-state index contributed by atoms with van der Waals surface area (Å²) in [4.78, 5) is 2.34.